The minimum atomic E-state index is -0.765. The van der Waals surface area contributed by atoms with E-state index in [0.29, 0.717) is 25.2 Å². The molecule has 0 unspecified atom stereocenters. The van der Waals surface area contributed by atoms with Gasteiger partial charge in [0.15, 0.2) is 6.61 Å². The number of aryl methyl sites for hydroxylation is 1. The van der Waals surface area contributed by atoms with Crippen molar-refractivity contribution in [1.29, 1.82) is 0 Å². The minimum Gasteiger partial charge on any atom is -0.472 e. The lowest BCUT2D eigenvalue weighted by molar-refractivity contribution is -0.396. The molecule has 33 heavy (non-hydrogen) atoms. The number of benzene rings is 2. The Morgan fingerprint density at radius 2 is 1.64 bits per heavy atom. The summed E-state index contributed by atoms with van der Waals surface area (Å²) in [6.45, 7) is 6.34. The zero-order chi connectivity index (χ0) is 24.3. The second kappa shape index (κ2) is 9.90. The maximum absolute atomic E-state index is 13.2. The predicted molar refractivity (Wildman–Crippen MR) is 117 cm³/mol. The molecule has 0 aromatic heterocycles. The maximum atomic E-state index is 13.2. The highest BCUT2D eigenvalue weighted by molar-refractivity contribution is 5.79. The van der Waals surface area contributed by atoms with Gasteiger partial charge in [-0.05, 0) is 44.0 Å². The molecule has 1 heterocycles. The average Bonchev–Trinajstić information content (AvgIpc) is 2.75. The molecule has 0 radical (unpaired) electrons. The first-order valence-corrected chi connectivity index (χ1v) is 10.4. The van der Waals surface area contributed by atoms with Crippen molar-refractivity contribution in [3.63, 3.8) is 0 Å². The van der Waals surface area contributed by atoms with E-state index in [4.69, 9.17) is 4.74 Å². The van der Waals surface area contributed by atoms with Gasteiger partial charge in [0.1, 0.15) is 5.82 Å². The van der Waals surface area contributed by atoms with E-state index >= 15 is 0 Å². The van der Waals surface area contributed by atoms with Crippen molar-refractivity contribution in [1.82, 2.24) is 9.80 Å². The molecule has 10 nitrogen and oxygen atoms in total. The molecule has 2 aromatic rings. The number of ether oxygens (including phenoxy) is 1. The highest BCUT2D eigenvalue weighted by Crippen LogP contribution is 2.38. The molecule has 3 rings (SSSR count). The van der Waals surface area contributed by atoms with Crippen LogP contribution in [-0.2, 0) is 11.3 Å². The molecule has 0 saturated carbocycles. The third kappa shape index (κ3) is 5.61. The summed E-state index contributed by atoms with van der Waals surface area (Å²) in [7, 11) is 0. The fraction of sp³-hybridized carbons (Fsp3) is 0.409. The highest BCUT2D eigenvalue weighted by atomic mass is 19.1. The first kappa shape index (κ1) is 24.1. The van der Waals surface area contributed by atoms with Gasteiger partial charge in [0.2, 0.25) is 0 Å². The van der Waals surface area contributed by atoms with Crippen LogP contribution in [0.2, 0.25) is 0 Å². The lowest BCUT2D eigenvalue weighted by Crippen LogP contribution is -2.58. The van der Waals surface area contributed by atoms with Crippen LogP contribution in [0.5, 0.6) is 5.75 Å². The number of rotatable bonds is 7. The van der Waals surface area contributed by atoms with Gasteiger partial charge in [0.25, 0.3) is 11.7 Å². The van der Waals surface area contributed by atoms with Crippen molar-refractivity contribution in [2.24, 2.45) is 0 Å². The van der Waals surface area contributed by atoms with Gasteiger partial charge in [0, 0.05) is 43.9 Å². The van der Waals surface area contributed by atoms with Gasteiger partial charge < -0.3 is 9.64 Å². The zero-order valence-electron chi connectivity index (χ0n) is 18.6. The predicted octanol–water partition coefficient (Wildman–Crippen LogP) is 3.45. The summed E-state index contributed by atoms with van der Waals surface area (Å²) in [5.41, 5.74) is 0.185. The van der Waals surface area contributed by atoms with E-state index in [2.05, 4.69) is 4.90 Å². The minimum absolute atomic E-state index is 0.00162. The van der Waals surface area contributed by atoms with Crippen LogP contribution in [0, 0.1) is 33.0 Å². The molecular formula is C22H25FN4O6. The Kier molecular flexibility index (Phi) is 7.22. The SMILES string of the molecule is Cc1cc([N+](=O)[O-])c(OCC(=O)N2C[C@@H](C)N(Cc3ccc(F)cc3)C[C@@H]2C)c([N+](=O)[O-])c1. The van der Waals surface area contributed by atoms with Gasteiger partial charge in [-0.25, -0.2) is 4.39 Å². The smallest absolute Gasteiger partial charge is 0.318 e. The zero-order valence-corrected chi connectivity index (χ0v) is 18.6. The summed E-state index contributed by atoms with van der Waals surface area (Å²) in [4.78, 5) is 37.9. The lowest BCUT2D eigenvalue weighted by atomic mass is 10.1. The van der Waals surface area contributed by atoms with E-state index in [0.717, 1.165) is 5.56 Å². The van der Waals surface area contributed by atoms with Crippen LogP contribution in [0.1, 0.15) is 25.0 Å². The van der Waals surface area contributed by atoms with Gasteiger partial charge in [-0.3, -0.25) is 29.9 Å². The number of piperazine rings is 1. The molecule has 1 aliphatic heterocycles. The number of carbonyl (C=O) groups is 1. The van der Waals surface area contributed by atoms with Crippen molar-refractivity contribution >= 4 is 17.3 Å². The number of carbonyl (C=O) groups excluding carboxylic acids is 1. The van der Waals surface area contributed by atoms with Crippen LogP contribution in [0.4, 0.5) is 15.8 Å². The molecule has 2 aromatic carbocycles. The number of hydrogen-bond donors (Lipinski definition) is 0. The normalized spacial score (nSPS) is 18.7. The molecular weight excluding hydrogens is 435 g/mol. The summed E-state index contributed by atoms with van der Waals surface area (Å²) in [6.07, 6.45) is 0. The van der Waals surface area contributed by atoms with Gasteiger partial charge >= 0.3 is 11.4 Å². The number of halogens is 1. The molecule has 1 fully saturated rings. The average molecular weight is 460 g/mol. The molecule has 0 spiro atoms. The number of nitro benzene ring substituents is 2. The van der Waals surface area contributed by atoms with E-state index in [-0.39, 0.29) is 17.9 Å². The maximum Gasteiger partial charge on any atom is 0.318 e. The monoisotopic (exact) mass is 460 g/mol. The van der Waals surface area contributed by atoms with Gasteiger partial charge in [0.05, 0.1) is 9.85 Å². The standard InChI is InChI=1S/C22H25FN4O6/c1-14-8-19(26(29)30)22(20(9-14)27(31)32)33-13-21(28)25-11-15(2)24(10-16(25)3)12-17-4-6-18(23)7-5-17/h4-9,15-16H,10-13H2,1-3H3/t15-,16+/m1/s1. The molecule has 1 amide bonds. The largest absolute Gasteiger partial charge is 0.472 e. The third-order valence-corrected chi connectivity index (χ3v) is 5.66. The van der Waals surface area contributed by atoms with Crippen LogP contribution in [0.25, 0.3) is 0 Å². The number of hydrogen-bond acceptors (Lipinski definition) is 7. The van der Waals surface area contributed by atoms with Crippen molar-refractivity contribution in [3.05, 3.63) is 73.6 Å². The molecule has 2 atom stereocenters. The van der Waals surface area contributed by atoms with Crippen molar-refractivity contribution in [3.8, 4) is 5.75 Å². The Bertz CT molecular complexity index is 1030. The fourth-order valence-corrected chi connectivity index (χ4v) is 3.96. The molecule has 1 saturated heterocycles. The van der Waals surface area contributed by atoms with Gasteiger partial charge in [-0.2, -0.15) is 0 Å². The van der Waals surface area contributed by atoms with Gasteiger partial charge in [-0.1, -0.05) is 12.1 Å². The quantitative estimate of drug-likeness (QED) is 0.458. The topological polar surface area (TPSA) is 119 Å². The fourth-order valence-electron chi connectivity index (χ4n) is 3.96. The first-order valence-electron chi connectivity index (χ1n) is 10.4. The first-order chi connectivity index (χ1) is 15.6. The van der Waals surface area contributed by atoms with Crippen molar-refractivity contribution < 1.29 is 23.8 Å². The number of nitro groups is 2. The molecule has 11 heteroatoms. The van der Waals surface area contributed by atoms with E-state index in [1.807, 2.05) is 13.8 Å². The Balaban J connectivity index is 1.69. The van der Waals surface area contributed by atoms with E-state index in [9.17, 15) is 29.4 Å². The van der Waals surface area contributed by atoms with Crippen molar-refractivity contribution in [2.45, 2.75) is 39.4 Å². The summed E-state index contributed by atoms with van der Waals surface area (Å²) < 4.78 is 18.5. The summed E-state index contributed by atoms with van der Waals surface area (Å²) >= 11 is 0. The molecule has 1 aliphatic rings. The summed E-state index contributed by atoms with van der Waals surface area (Å²) in [5.74, 6) is -1.25. The Labute approximate surface area is 189 Å². The van der Waals surface area contributed by atoms with E-state index in [1.54, 1.807) is 17.0 Å². The van der Waals surface area contributed by atoms with Gasteiger partial charge in [-0.15, -0.1) is 0 Å². The van der Waals surface area contributed by atoms with Crippen LogP contribution in [-0.4, -0.2) is 57.3 Å². The summed E-state index contributed by atoms with van der Waals surface area (Å²) in [6, 6.07) is 8.42. The van der Waals surface area contributed by atoms with Crippen LogP contribution in [0.15, 0.2) is 36.4 Å². The molecule has 0 bridgehead atoms. The van der Waals surface area contributed by atoms with Crippen LogP contribution < -0.4 is 4.74 Å². The van der Waals surface area contributed by atoms with Crippen LogP contribution >= 0.6 is 0 Å². The number of amides is 1. The van der Waals surface area contributed by atoms with E-state index in [1.165, 1.54) is 31.2 Å². The Morgan fingerprint density at radius 1 is 1.06 bits per heavy atom. The van der Waals surface area contributed by atoms with E-state index < -0.39 is 39.5 Å². The summed E-state index contributed by atoms with van der Waals surface area (Å²) in [5, 5.41) is 22.8. The van der Waals surface area contributed by atoms with Crippen LogP contribution in [0.3, 0.4) is 0 Å². The lowest BCUT2D eigenvalue weighted by Gasteiger charge is -2.44. The molecule has 0 aliphatic carbocycles. The number of nitrogens with zero attached hydrogens (tertiary/aromatic N) is 4. The Hall–Kier alpha value is -3.60. The highest BCUT2D eigenvalue weighted by Gasteiger charge is 2.34. The van der Waals surface area contributed by atoms with Crippen molar-refractivity contribution in [2.75, 3.05) is 19.7 Å². The molecule has 176 valence electrons. The Morgan fingerprint density at radius 3 is 2.18 bits per heavy atom. The third-order valence-electron chi connectivity index (χ3n) is 5.66. The second-order valence-electron chi connectivity index (χ2n) is 8.24. The molecule has 0 N–H and O–H groups in total. The second-order valence-corrected chi connectivity index (χ2v) is 8.24.